The standard InChI is InChI=1S/C19H21N5O5/c1-29-10-16(25)22-7-13-8-23(12-19(13,11-22)18(27)28)17(26)15-9-24(21-20-15)14-5-3-2-4-6-14/h2-6,9,13H,7-8,10-12H2,1H3,(H,27,28)/t13-,19-/m1/s1. The van der Waals surface area contributed by atoms with E-state index in [1.807, 2.05) is 30.3 Å². The second-order valence-electron chi connectivity index (χ2n) is 7.44. The van der Waals surface area contributed by atoms with Crippen molar-refractivity contribution in [2.75, 3.05) is 39.9 Å². The van der Waals surface area contributed by atoms with Crippen LogP contribution >= 0.6 is 0 Å². The highest BCUT2D eigenvalue weighted by atomic mass is 16.5. The van der Waals surface area contributed by atoms with Crippen molar-refractivity contribution >= 4 is 17.8 Å². The topological polar surface area (TPSA) is 118 Å². The normalized spacial score (nSPS) is 23.3. The van der Waals surface area contributed by atoms with Gasteiger partial charge in [-0.15, -0.1) is 5.10 Å². The van der Waals surface area contributed by atoms with E-state index in [4.69, 9.17) is 4.74 Å². The Morgan fingerprint density at radius 2 is 1.86 bits per heavy atom. The molecule has 4 rings (SSSR count). The third-order valence-corrected chi connectivity index (χ3v) is 5.68. The lowest BCUT2D eigenvalue weighted by atomic mass is 9.81. The molecule has 2 amide bonds. The van der Waals surface area contributed by atoms with Crippen molar-refractivity contribution < 1.29 is 24.2 Å². The molecule has 0 spiro atoms. The summed E-state index contributed by atoms with van der Waals surface area (Å²) in [5, 5.41) is 17.8. The third-order valence-electron chi connectivity index (χ3n) is 5.68. The highest BCUT2D eigenvalue weighted by Gasteiger charge is 2.59. The van der Waals surface area contributed by atoms with Crippen LogP contribution in [0.25, 0.3) is 5.69 Å². The number of carbonyl (C=O) groups excluding carboxylic acids is 2. The summed E-state index contributed by atoms with van der Waals surface area (Å²) in [7, 11) is 1.42. The van der Waals surface area contributed by atoms with Crippen LogP contribution < -0.4 is 0 Å². The fraction of sp³-hybridized carbons (Fsp3) is 0.421. The minimum atomic E-state index is -1.17. The average Bonchev–Trinajstić information content (AvgIpc) is 3.41. The number of benzene rings is 1. The lowest BCUT2D eigenvalue weighted by Gasteiger charge is -2.25. The van der Waals surface area contributed by atoms with Crippen molar-refractivity contribution in [1.29, 1.82) is 0 Å². The van der Waals surface area contributed by atoms with E-state index in [0.29, 0.717) is 0 Å². The van der Waals surface area contributed by atoms with Crippen LogP contribution in [0.15, 0.2) is 36.5 Å². The molecule has 1 aromatic carbocycles. The van der Waals surface area contributed by atoms with Gasteiger partial charge in [-0.25, -0.2) is 4.68 Å². The fourth-order valence-corrected chi connectivity index (χ4v) is 4.16. The molecule has 10 nitrogen and oxygen atoms in total. The van der Waals surface area contributed by atoms with Gasteiger partial charge in [0.1, 0.15) is 12.0 Å². The van der Waals surface area contributed by atoms with Crippen molar-refractivity contribution in [1.82, 2.24) is 24.8 Å². The molecule has 2 aliphatic heterocycles. The summed E-state index contributed by atoms with van der Waals surface area (Å²) in [6.07, 6.45) is 1.54. The van der Waals surface area contributed by atoms with Crippen molar-refractivity contribution in [3.63, 3.8) is 0 Å². The first-order chi connectivity index (χ1) is 13.9. The van der Waals surface area contributed by atoms with E-state index in [9.17, 15) is 19.5 Å². The molecule has 2 aromatic rings. The lowest BCUT2D eigenvalue weighted by molar-refractivity contribution is -0.149. The molecule has 2 saturated heterocycles. The van der Waals surface area contributed by atoms with Gasteiger partial charge in [-0.05, 0) is 12.1 Å². The van der Waals surface area contributed by atoms with Crippen molar-refractivity contribution in [2.24, 2.45) is 11.3 Å². The van der Waals surface area contributed by atoms with Crippen LogP contribution in [0.4, 0.5) is 0 Å². The molecule has 2 aliphatic rings. The molecular weight excluding hydrogens is 378 g/mol. The Morgan fingerprint density at radius 3 is 2.52 bits per heavy atom. The van der Waals surface area contributed by atoms with Gasteiger partial charge in [0.05, 0.1) is 11.9 Å². The summed E-state index contributed by atoms with van der Waals surface area (Å²) in [5.74, 6) is -1.95. The summed E-state index contributed by atoms with van der Waals surface area (Å²) in [4.78, 5) is 40.1. The molecule has 29 heavy (non-hydrogen) atoms. The molecule has 0 bridgehead atoms. The first-order valence-corrected chi connectivity index (χ1v) is 9.22. The second-order valence-corrected chi connectivity index (χ2v) is 7.44. The SMILES string of the molecule is COCC(=O)N1C[C@@H]2CN(C(=O)c3cn(-c4ccccc4)nn3)C[C@]2(C(=O)O)C1. The smallest absolute Gasteiger partial charge is 0.313 e. The average molecular weight is 399 g/mol. The first-order valence-electron chi connectivity index (χ1n) is 9.22. The Labute approximate surface area is 166 Å². The van der Waals surface area contributed by atoms with E-state index in [1.165, 1.54) is 27.8 Å². The number of methoxy groups -OCH3 is 1. The number of likely N-dealkylation sites (tertiary alicyclic amines) is 2. The minimum Gasteiger partial charge on any atom is -0.481 e. The molecule has 0 aliphatic carbocycles. The Morgan fingerprint density at radius 1 is 1.17 bits per heavy atom. The number of fused-ring (bicyclic) bond motifs is 1. The van der Waals surface area contributed by atoms with Gasteiger partial charge in [-0.3, -0.25) is 14.4 Å². The number of carboxylic acid groups (broad SMARTS) is 1. The molecule has 0 saturated carbocycles. The predicted molar refractivity (Wildman–Crippen MR) is 99.3 cm³/mol. The van der Waals surface area contributed by atoms with Crippen LogP contribution in [0, 0.1) is 11.3 Å². The van der Waals surface area contributed by atoms with Crippen molar-refractivity contribution in [3.8, 4) is 5.69 Å². The Bertz CT molecular complexity index is 945. The summed E-state index contributed by atoms with van der Waals surface area (Å²) in [6.45, 7) is 0.541. The first kappa shape index (κ1) is 19.1. The number of ether oxygens (including phenoxy) is 1. The van der Waals surface area contributed by atoms with Gasteiger partial charge in [-0.1, -0.05) is 23.4 Å². The number of para-hydroxylation sites is 1. The number of carboxylic acids is 1. The number of aliphatic carboxylic acids is 1. The Balaban J connectivity index is 1.51. The van der Waals surface area contributed by atoms with E-state index < -0.39 is 11.4 Å². The van der Waals surface area contributed by atoms with E-state index in [0.717, 1.165) is 5.69 Å². The number of hydrogen-bond acceptors (Lipinski definition) is 6. The van der Waals surface area contributed by atoms with Gasteiger partial charge in [0.25, 0.3) is 5.91 Å². The molecule has 1 N–H and O–H groups in total. The van der Waals surface area contributed by atoms with E-state index in [-0.39, 0.29) is 56.2 Å². The maximum Gasteiger partial charge on any atom is 0.313 e. The van der Waals surface area contributed by atoms with Crippen LogP contribution in [0.5, 0.6) is 0 Å². The van der Waals surface area contributed by atoms with Crippen molar-refractivity contribution in [3.05, 3.63) is 42.2 Å². The molecule has 1 aromatic heterocycles. The molecular formula is C19H21N5O5. The molecule has 0 radical (unpaired) electrons. The zero-order valence-corrected chi connectivity index (χ0v) is 15.9. The number of hydrogen-bond donors (Lipinski definition) is 1. The summed E-state index contributed by atoms with van der Waals surface area (Å²) >= 11 is 0. The quantitative estimate of drug-likeness (QED) is 0.746. The summed E-state index contributed by atoms with van der Waals surface area (Å²) in [6, 6.07) is 9.27. The minimum absolute atomic E-state index is 0.0286. The zero-order chi connectivity index (χ0) is 20.6. The number of aromatic nitrogens is 3. The largest absolute Gasteiger partial charge is 0.481 e. The predicted octanol–water partition coefficient (Wildman–Crippen LogP) is -0.101. The molecule has 3 heterocycles. The number of nitrogens with zero attached hydrogens (tertiary/aromatic N) is 5. The second kappa shape index (κ2) is 7.28. The zero-order valence-electron chi connectivity index (χ0n) is 15.9. The van der Waals surface area contributed by atoms with Gasteiger partial charge in [0.2, 0.25) is 5.91 Å². The number of rotatable bonds is 5. The van der Waals surface area contributed by atoms with Gasteiger partial charge in [-0.2, -0.15) is 0 Å². The fourth-order valence-electron chi connectivity index (χ4n) is 4.16. The monoisotopic (exact) mass is 399 g/mol. The number of amides is 2. The van der Waals surface area contributed by atoms with Gasteiger partial charge in [0, 0.05) is 39.2 Å². The summed E-state index contributed by atoms with van der Waals surface area (Å²) < 4.78 is 6.37. The molecule has 10 heteroatoms. The van der Waals surface area contributed by atoms with E-state index >= 15 is 0 Å². The van der Waals surface area contributed by atoms with E-state index in [2.05, 4.69) is 10.3 Å². The third kappa shape index (κ3) is 3.25. The van der Waals surface area contributed by atoms with Crippen LogP contribution in [-0.4, -0.2) is 87.6 Å². The van der Waals surface area contributed by atoms with Gasteiger partial charge < -0.3 is 19.6 Å². The maximum atomic E-state index is 12.9. The molecule has 0 unspecified atom stereocenters. The lowest BCUT2D eigenvalue weighted by Crippen LogP contribution is -2.43. The Hall–Kier alpha value is -3.27. The van der Waals surface area contributed by atoms with Crippen LogP contribution in [0.2, 0.25) is 0 Å². The van der Waals surface area contributed by atoms with Crippen LogP contribution in [0.1, 0.15) is 10.5 Å². The van der Waals surface area contributed by atoms with Gasteiger partial charge in [0.15, 0.2) is 5.69 Å². The molecule has 152 valence electrons. The van der Waals surface area contributed by atoms with Crippen LogP contribution in [-0.2, 0) is 14.3 Å². The van der Waals surface area contributed by atoms with Crippen LogP contribution in [0.3, 0.4) is 0 Å². The molecule has 2 atom stereocenters. The van der Waals surface area contributed by atoms with E-state index in [1.54, 1.807) is 0 Å². The molecule has 2 fully saturated rings. The highest BCUT2D eigenvalue weighted by molar-refractivity contribution is 5.93. The number of carbonyl (C=O) groups is 3. The summed E-state index contributed by atoms with van der Waals surface area (Å²) in [5.41, 5.74) is -0.248. The van der Waals surface area contributed by atoms with Crippen molar-refractivity contribution in [2.45, 2.75) is 0 Å². The van der Waals surface area contributed by atoms with Gasteiger partial charge >= 0.3 is 5.97 Å². The highest BCUT2D eigenvalue weighted by Crippen LogP contribution is 2.43. The Kier molecular flexibility index (Phi) is 4.79. The maximum absolute atomic E-state index is 12.9.